The lowest BCUT2D eigenvalue weighted by atomic mass is 9.93. The van der Waals surface area contributed by atoms with E-state index in [0.29, 0.717) is 16.7 Å². The summed E-state index contributed by atoms with van der Waals surface area (Å²) in [5, 5.41) is 0. The Labute approximate surface area is 145 Å². The van der Waals surface area contributed by atoms with Gasteiger partial charge >= 0.3 is 0 Å². The predicted molar refractivity (Wildman–Crippen MR) is 98.6 cm³/mol. The van der Waals surface area contributed by atoms with E-state index in [2.05, 4.69) is 23.0 Å². The number of rotatable bonds is 2. The largest absolute Gasteiger partial charge is 0.497 e. The molecule has 0 saturated carbocycles. The van der Waals surface area contributed by atoms with Gasteiger partial charge in [-0.25, -0.2) is 4.99 Å². The van der Waals surface area contributed by atoms with E-state index in [1.54, 1.807) is 7.11 Å². The number of ether oxygens (including phenoxy) is 2. The lowest BCUT2D eigenvalue weighted by Crippen LogP contribution is -2.36. The first-order valence-corrected chi connectivity index (χ1v) is 8.18. The highest BCUT2D eigenvalue weighted by atomic mass is 32.1. The summed E-state index contributed by atoms with van der Waals surface area (Å²) >= 11 is 5.52. The van der Waals surface area contributed by atoms with E-state index in [-0.39, 0.29) is 5.92 Å². The Bertz CT molecular complexity index is 902. The van der Waals surface area contributed by atoms with Gasteiger partial charge in [-0.05, 0) is 37.1 Å². The molecule has 4 nitrogen and oxygen atoms in total. The summed E-state index contributed by atoms with van der Waals surface area (Å²) in [5.74, 6) is 2.74. The molecule has 0 saturated heterocycles. The Balaban J connectivity index is 1.72. The summed E-state index contributed by atoms with van der Waals surface area (Å²) in [6.45, 7) is 2.07. The lowest BCUT2D eigenvalue weighted by Gasteiger charge is -2.28. The van der Waals surface area contributed by atoms with Gasteiger partial charge in [-0.2, -0.15) is 4.99 Å². The molecule has 4 rings (SSSR count). The molecule has 0 radical (unpaired) electrons. The minimum absolute atomic E-state index is 0.0661. The van der Waals surface area contributed by atoms with Crippen molar-refractivity contribution < 1.29 is 9.47 Å². The molecule has 0 bridgehead atoms. The molecule has 0 aromatic heterocycles. The van der Waals surface area contributed by atoms with Crippen LogP contribution in [0.3, 0.4) is 0 Å². The lowest BCUT2D eigenvalue weighted by molar-refractivity contribution is 0.414. The molecule has 2 heterocycles. The third-order valence-electron chi connectivity index (χ3n) is 4.21. The zero-order valence-electron chi connectivity index (χ0n) is 13.4. The van der Waals surface area contributed by atoms with Gasteiger partial charge in [0.15, 0.2) is 5.84 Å². The first-order chi connectivity index (χ1) is 11.6. The van der Waals surface area contributed by atoms with Crippen molar-refractivity contribution >= 4 is 28.9 Å². The molecule has 24 heavy (non-hydrogen) atoms. The monoisotopic (exact) mass is 336 g/mol. The molecule has 0 fully saturated rings. The number of aryl methyl sites for hydroxylation is 1. The first-order valence-electron chi connectivity index (χ1n) is 7.77. The fraction of sp³-hybridized carbons (Fsp3) is 0.211. The molecule has 0 spiro atoms. The molecule has 2 aromatic rings. The van der Waals surface area contributed by atoms with Gasteiger partial charge in [0.25, 0.3) is 0 Å². The van der Waals surface area contributed by atoms with Gasteiger partial charge in [-0.3, -0.25) is 0 Å². The molecule has 0 amide bonds. The number of hydrogen-bond acceptors (Lipinski definition) is 4. The van der Waals surface area contributed by atoms with Gasteiger partial charge in [0, 0.05) is 5.56 Å². The number of nitrogens with zero attached hydrogens (tertiary/aromatic N) is 2. The Kier molecular flexibility index (Phi) is 3.65. The summed E-state index contributed by atoms with van der Waals surface area (Å²) in [6.07, 6.45) is 0.781. The Morgan fingerprint density at radius 3 is 2.88 bits per heavy atom. The van der Waals surface area contributed by atoms with Gasteiger partial charge in [-0.1, -0.05) is 42.0 Å². The third-order valence-corrected chi connectivity index (χ3v) is 4.59. The van der Waals surface area contributed by atoms with Crippen molar-refractivity contribution in [2.75, 3.05) is 7.11 Å². The molecular weight excluding hydrogens is 320 g/mol. The molecule has 120 valence electrons. The standard InChI is InChI=1S/C19H16N2O2S/c1-11-6-7-16-13(8-11)10-15-18(23-16)20-17(21-19(15)24)12-4-3-5-14(9-12)22-2/h3-9,15H,10H2,1-2H3. The second-order valence-corrected chi connectivity index (χ2v) is 6.34. The van der Waals surface area contributed by atoms with Gasteiger partial charge in [0.1, 0.15) is 16.5 Å². The van der Waals surface area contributed by atoms with E-state index >= 15 is 0 Å². The van der Waals surface area contributed by atoms with Crippen molar-refractivity contribution in [3.8, 4) is 11.5 Å². The topological polar surface area (TPSA) is 43.2 Å². The second-order valence-electron chi connectivity index (χ2n) is 5.93. The van der Waals surface area contributed by atoms with Crippen LogP contribution in [0, 0.1) is 12.8 Å². The van der Waals surface area contributed by atoms with Crippen molar-refractivity contribution in [3.63, 3.8) is 0 Å². The van der Waals surface area contributed by atoms with Crippen LogP contribution in [-0.4, -0.2) is 23.8 Å². The summed E-state index contributed by atoms with van der Waals surface area (Å²) in [5.41, 5.74) is 3.22. The molecule has 2 aliphatic rings. The molecule has 0 aliphatic carbocycles. The average Bonchev–Trinajstić information content (AvgIpc) is 2.60. The molecular formula is C19H16N2O2S. The molecule has 1 unspecified atom stereocenters. The number of methoxy groups -OCH3 is 1. The summed E-state index contributed by atoms with van der Waals surface area (Å²) in [7, 11) is 1.64. The van der Waals surface area contributed by atoms with Crippen LogP contribution in [0.25, 0.3) is 0 Å². The van der Waals surface area contributed by atoms with Crippen LogP contribution >= 0.6 is 12.2 Å². The Morgan fingerprint density at radius 2 is 2.04 bits per heavy atom. The molecule has 2 aromatic carbocycles. The van der Waals surface area contributed by atoms with Crippen LogP contribution in [0.15, 0.2) is 52.4 Å². The Morgan fingerprint density at radius 1 is 1.17 bits per heavy atom. The minimum Gasteiger partial charge on any atom is -0.497 e. The molecule has 0 N–H and O–H groups in total. The number of hydrogen-bond donors (Lipinski definition) is 0. The van der Waals surface area contributed by atoms with Crippen LogP contribution in [0.1, 0.15) is 16.7 Å². The molecule has 5 heteroatoms. The number of benzene rings is 2. The highest BCUT2D eigenvalue weighted by Gasteiger charge is 2.33. The number of thiocarbonyl (C=S) groups is 1. The van der Waals surface area contributed by atoms with Crippen molar-refractivity contribution in [3.05, 3.63) is 59.2 Å². The zero-order chi connectivity index (χ0) is 16.7. The zero-order valence-corrected chi connectivity index (χ0v) is 14.3. The van der Waals surface area contributed by atoms with E-state index in [1.807, 2.05) is 36.4 Å². The van der Waals surface area contributed by atoms with Gasteiger partial charge in [0.2, 0.25) is 5.90 Å². The van der Waals surface area contributed by atoms with E-state index in [0.717, 1.165) is 29.0 Å². The number of fused-ring (bicyclic) bond motifs is 2. The van der Waals surface area contributed by atoms with Crippen LogP contribution in [0.4, 0.5) is 0 Å². The predicted octanol–water partition coefficient (Wildman–Crippen LogP) is 3.74. The number of aliphatic imine (C=N–C) groups is 2. The fourth-order valence-corrected chi connectivity index (χ4v) is 3.23. The maximum atomic E-state index is 6.02. The van der Waals surface area contributed by atoms with E-state index in [4.69, 9.17) is 21.7 Å². The van der Waals surface area contributed by atoms with Crippen LogP contribution in [0.5, 0.6) is 11.5 Å². The summed E-state index contributed by atoms with van der Waals surface area (Å²) < 4.78 is 11.3. The van der Waals surface area contributed by atoms with Crippen molar-refractivity contribution in [2.24, 2.45) is 15.9 Å². The highest BCUT2D eigenvalue weighted by molar-refractivity contribution is 7.80. The van der Waals surface area contributed by atoms with Crippen molar-refractivity contribution in [2.45, 2.75) is 13.3 Å². The highest BCUT2D eigenvalue weighted by Crippen LogP contribution is 2.32. The summed E-state index contributed by atoms with van der Waals surface area (Å²) in [6, 6.07) is 13.8. The molecule has 1 atom stereocenters. The summed E-state index contributed by atoms with van der Waals surface area (Å²) in [4.78, 5) is 9.77. The van der Waals surface area contributed by atoms with E-state index in [9.17, 15) is 0 Å². The maximum Gasteiger partial charge on any atom is 0.207 e. The number of amidine groups is 1. The maximum absolute atomic E-state index is 6.02. The van der Waals surface area contributed by atoms with E-state index < -0.39 is 0 Å². The third kappa shape index (κ3) is 2.61. The van der Waals surface area contributed by atoms with Crippen molar-refractivity contribution in [1.29, 1.82) is 0 Å². The van der Waals surface area contributed by atoms with Gasteiger partial charge in [-0.15, -0.1) is 0 Å². The van der Waals surface area contributed by atoms with Gasteiger partial charge < -0.3 is 9.47 Å². The normalized spacial score (nSPS) is 18.8. The van der Waals surface area contributed by atoms with Gasteiger partial charge in [0.05, 0.1) is 13.0 Å². The average molecular weight is 336 g/mol. The van der Waals surface area contributed by atoms with Crippen LogP contribution in [0.2, 0.25) is 0 Å². The Hall–Kier alpha value is -2.53. The van der Waals surface area contributed by atoms with Crippen LogP contribution < -0.4 is 9.47 Å². The van der Waals surface area contributed by atoms with Crippen LogP contribution in [-0.2, 0) is 6.42 Å². The minimum atomic E-state index is -0.0661. The van der Waals surface area contributed by atoms with E-state index in [1.165, 1.54) is 5.56 Å². The quantitative estimate of drug-likeness (QED) is 0.785. The SMILES string of the molecule is COc1cccc(C2=NC(=S)C3Cc4cc(C)ccc4OC3=N2)c1. The second kappa shape index (κ2) is 5.83. The molecule has 2 aliphatic heterocycles. The first kappa shape index (κ1) is 15.0. The fourth-order valence-electron chi connectivity index (χ4n) is 2.95. The van der Waals surface area contributed by atoms with Crippen molar-refractivity contribution in [1.82, 2.24) is 0 Å². The smallest absolute Gasteiger partial charge is 0.207 e.